The SMILES string of the molecule is CCN1CCC(NC(=O)[C@@H](N)Cc2c[nH]c3ccccc23)CC1.Cl.Cl. The van der Waals surface area contributed by atoms with E-state index in [2.05, 4.69) is 28.2 Å². The standard InChI is InChI=1S/C18H26N4O.2ClH/c1-2-22-9-7-14(8-10-22)21-18(23)16(19)11-13-12-20-17-6-4-3-5-15(13)17;;/h3-6,12,14,16,20H,2,7-11,19H2,1H3,(H,21,23);2*1H/t16-;;/m0../s1. The largest absolute Gasteiger partial charge is 0.361 e. The van der Waals surface area contributed by atoms with Crippen molar-refractivity contribution in [2.75, 3.05) is 19.6 Å². The Bertz CT molecular complexity index is 668. The highest BCUT2D eigenvalue weighted by Crippen LogP contribution is 2.19. The van der Waals surface area contributed by atoms with Crippen LogP contribution in [0.3, 0.4) is 0 Å². The molecule has 0 unspecified atom stereocenters. The summed E-state index contributed by atoms with van der Waals surface area (Å²) in [5, 5.41) is 4.27. The van der Waals surface area contributed by atoms with E-state index in [9.17, 15) is 4.79 Å². The smallest absolute Gasteiger partial charge is 0.237 e. The van der Waals surface area contributed by atoms with Crippen molar-refractivity contribution >= 4 is 41.6 Å². The van der Waals surface area contributed by atoms with Crippen molar-refractivity contribution < 1.29 is 4.79 Å². The number of likely N-dealkylation sites (tertiary alicyclic amines) is 1. The average molecular weight is 387 g/mol. The number of H-pyrrole nitrogens is 1. The fourth-order valence-electron chi connectivity index (χ4n) is 3.33. The number of amides is 1. The minimum atomic E-state index is -0.501. The van der Waals surface area contributed by atoms with Gasteiger partial charge < -0.3 is 20.9 Å². The summed E-state index contributed by atoms with van der Waals surface area (Å²) in [4.78, 5) is 18.0. The number of rotatable bonds is 5. The van der Waals surface area contributed by atoms with E-state index in [1.165, 1.54) is 0 Å². The molecule has 3 rings (SSSR count). The van der Waals surface area contributed by atoms with Gasteiger partial charge in [-0.15, -0.1) is 24.8 Å². The van der Waals surface area contributed by atoms with Crippen LogP contribution in [0.25, 0.3) is 10.9 Å². The maximum atomic E-state index is 12.4. The first-order chi connectivity index (χ1) is 11.2. The summed E-state index contributed by atoms with van der Waals surface area (Å²) in [6.45, 7) is 5.37. The fraction of sp³-hybridized carbons (Fsp3) is 0.500. The van der Waals surface area contributed by atoms with Gasteiger partial charge in [-0.1, -0.05) is 25.1 Å². The van der Waals surface area contributed by atoms with Crippen LogP contribution in [-0.4, -0.2) is 47.5 Å². The van der Waals surface area contributed by atoms with E-state index in [-0.39, 0.29) is 36.8 Å². The number of benzene rings is 1. The summed E-state index contributed by atoms with van der Waals surface area (Å²) in [5.74, 6) is -0.0368. The summed E-state index contributed by atoms with van der Waals surface area (Å²) in [7, 11) is 0. The first-order valence-electron chi connectivity index (χ1n) is 8.50. The molecule has 0 radical (unpaired) electrons. The monoisotopic (exact) mass is 386 g/mol. The van der Waals surface area contributed by atoms with Gasteiger partial charge >= 0.3 is 0 Å². The van der Waals surface area contributed by atoms with Gasteiger partial charge in [-0.25, -0.2) is 0 Å². The third kappa shape index (κ3) is 5.35. The number of aromatic amines is 1. The van der Waals surface area contributed by atoms with Crippen molar-refractivity contribution in [2.45, 2.75) is 38.3 Å². The Morgan fingerprint density at radius 2 is 2.00 bits per heavy atom. The molecule has 2 heterocycles. The molecule has 0 aliphatic carbocycles. The van der Waals surface area contributed by atoms with Gasteiger partial charge in [0, 0.05) is 36.2 Å². The lowest BCUT2D eigenvalue weighted by atomic mass is 10.0. The van der Waals surface area contributed by atoms with Crippen molar-refractivity contribution in [2.24, 2.45) is 5.73 Å². The van der Waals surface area contributed by atoms with Crippen molar-refractivity contribution in [3.8, 4) is 0 Å². The summed E-state index contributed by atoms with van der Waals surface area (Å²) in [5.41, 5.74) is 8.32. The van der Waals surface area contributed by atoms with Gasteiger partial charge in [-0.2, -0.15) is 0 Å². The molecule has 1 saturated heterocycles. The van der Waals surface area contributed by atoms with E-state index in [4.69, 9.17) is 5.73 Å². The number of nitrogens with one attached hydrogen (secondary N) is 2. The van der Waals surface area contributed by atoms with Gasteiger partial charge in [0.15, 0.2) is 0 Å². The second kappa shape index (κ2) is 10.0. The van der Waals surface area contributed by atoms with Crippen LogP contribution in [0, 0.1) is 0 Å². The van der Waals surface area contributed by atoms with Crippen LogP contribution >= 0.6 is 24.8 Å². The zero-order valence-corrected chi connectivity index (χ0v) is 16.2. The predicted octanol–water partition coefficient (Wildman–Crippen LogP) is 2.48. The molecule has 1 amide bonds. The Balaban J connectivity index is 0.00000156. The molecule has 7 heteroatoms. The Hall–Kier alpha value is -1.27. The number of nitrogens with zero attached hydrogens (tertiary/aromatic N) is 1. The fourth-order valence-corrected chi connectivity index (χ4v) is 3.33. The number of nitrogens with two attached hydrogens (primary N) is 1. The minimum absolute atomic E-state index is 0. The number of halogens is 2. The number of aromatic nitrogens is 1. The highest BCUT2D eigenvalue weighted by atomic mass is 35.5. The number of fused-ring (bicyclic) bond motifs is 1. The van der Waals surface area contributed by atoms with Crippen LogP contribution in [0.4, 0.5) is 0 Å². The Labute approximate surface area is 161 Å². The third-order valence-electron chi connectivity index (χ3n) is 4.83. The summed E-state index contributed by atoms with van der Waals surface area (Å²) in [6.07, 6.45) is 4.54. The summed E-state index contributed by atoms with van der Waals surface area (Å²) < 4.78 is 0. The Morgan fingerprint density at radius 3 is 2.68 bits per heavy atom. The van der Waals surface area contributed by atoms with E-state index >= 15 is 0 Å². The van der Waals surface area contributed by atoms with E-state index in [0.29, 0.717) is 6.42 Å². The predicted molar refractivity (Wildman–Crippen MR) is 108 cm³/mol. The number of piperidine rings is 1. The molecule has 1 aliphatic heterocycles. The maximum Gasteiger partial charge on any atom is 0.237 e. The van der Waals surface area contributed by atoms with Gasteiger partial charge in [-0.05, 0) is 37.4 Å². The summed E-state index contributed by atoms with van der Waals surface area (Å²) in [6, 6.07) is 7.86. The average Bonchev–Trinajstić information content (AvgIpc) is 2.98. The zero-order valence-electron chi connectivity index (χ0n) is 14.5. The third-order valence-corrected chi connectivity index (χ3v) is 4.83. The van der Waals surface area contributed by atoms with Gasteiger partial charge in [-0.3, -0.25) is 4.79 Å². The molecule has 1 aliphatic rings. The number of hydrogen-bond donors (Lipinski definition) is 3. The molecule has 5 nitrogen and oxygen atoms in total. The summed E-state index contributed by atoms with van der Waals surface area (Å²) >= 11 is 0. The quantitative estimate of drug-likeness (QED) is 0.738. The molecule has 4 N–H and O–H groups in total. The van der Waals surface area contributed by atoms with E-state index in [1.54, 1.807) is 0 Å². The van der Waals surface area contributed by atoms with Crippen molar-refractivity contribution in [1.29, 1.82) is 0 Å². The zero-order chi connectivity index (χ0) is 16.2. The molecular weight excluding hydrogens is 359 g/mol. The van der Waals surface area contributed by atoms with Crippen LogP contribution in [0.1, 0.15) is 25.3 Å². The van der Waals surface area contributed by atoms with Crippen LogP contribution < -0.4 is 11.1 Å². The molecule has 1 fully saturated rings. The number of carbonyl (C=O) groups is 1. The topological polar surface area (TPSA) is 74.2 Å². The Kier molecular flexibility index (Phi) is 8.73. The first kappa shape index (κ1) is 21.8. The van der Waals surface area contributed by atoms with E-state index < -0.39 is 6.04 Å². The van der Waals surface area contributed by atoms with E-state index in [1.807, 2.05) is 24.4 Å². The maximum absolute atomic E-state index is 12.4. The van der Waals surface area contributed by atoms with Crippen molar-refractivity contribution in [1.82, 2.24) is 15.2 Å². The molecule has 1 aromatic heterocycles. The number of para-hydroxylation sites is 1. The van der Waals surface area contributed by atoms with Crippen molar-refractivity contribution in [3.05, 3.63) is 36.0 Å². The van der Waals surface area contributed by atoms with Crippen LogP contribution in [-0.2, 0) is 11.2 Å². The van der Waals surface area contributed by atoms with Crippen LogP contribution in [0.2, 0.25) is 0 Å². The van der Waals surface area contributed by atoms with Gasteiger partial charge in [0.25, 0.3) is 0 Å². The molecule has 140 valence electrons. The normalized spacial score (nSPS) is 16.7. The van der Waals surface area contributed by atoms with E-state index in [0.717, 1.165) is 48.9 Å². The molecule has 2 aromatic rings. The Morgan fingerprint density at radius 1 is 1.32 bits per heavy atom. The van der Waals surface area contributed by atoms with Gasteiger partial charge in [0.2, 0.25) is 5.91 Å². The molecular formula is C18H28Cl2N4O. The second-order valence-electron chi connectivity index (χ2n) is 6.39. The highest BCUT2D eigenvalue weighted by Gasteiger charge is 2.23. The number of carbonyl (C=O) groups excluding carboxylic acids is 1. The molecule has 0 spiro atoms. The first-order valence-corrected chi connectivity index (χ1v) is 8.50. The number of hydrogen-bond acceptors (Lipinski definition) is 3. The van der Waals surface area contributed by atoms with Gasteiger partial charge in [0.05, 0.1) is 6.04 Å². The molecule has 0 bridgehead atoms. The second-order valence-corrected chi connectivity index (χ2v) is 6.39. The molecule has 1 atom stereocenters. The van der Waals surface area contributed by atoms with Gasteiger partial charge in [0.1, 0.15) is 0 Å². The lowest BCUT2D eigenvalue weighted by Gasteiger charge is -2.32. The minimum Gasteiger partial charge on any atom is -0.361 e. The lowest BCUT2D eigenvalue weighted by molar-refractivity contribution is -0.123. The van der Waals surface area contributed by atoms with Crippen molar-refractivity contribution in [3.63, 3.8) is 0 Å². The highest BCUT2D eigenvalue weighted by molar-refractivity contribution is 5.86. The van der Waals surface area contributed by atoms with Crippen LogP contribution in [0.5, 0.6) is 0 Å². The molecule has 0 saturated carbocycles. The molecule has 1 aromatic carbocycles. The van der Waals surface area contributed by atoms with Crippen LogP contribution in [0.15, 0.2) is 30.5 Å². The lowest BCUT2D eigenvalue weighted by Crippen LogP contribution is -2.50. The molecule has 25 heavy (non-hydrogen) atoms.